The molecule has 0 saturated carbocycles. The maximum Gasteiger partial charge on any atom is 0.407 e. The Hall–Kier alpha value is -3.05. The van der Waals surface area contributed by atoms with Gasteiger partial charge in [-0.15, -0.1) is 0 Å². The monoisotopic (exact) mass is 551 g/mol. The Bertz CT molecular complexity index is 1150. The van der Waals surface area contributed by atoms with Crippen molar-refractivity contribution in [2.24, 2.45) is 0 Å². The van der Waals surface area contributed by atoms with Gasteiger partial charge >= 0.3 is 6.09 Å². The third-order valence-electron chi connectivity index (χ3n) is 7.10. The number of benzene rings is 3. The minimum Gasteiger partial charge on any atom is -0.445 e. The van der Waals surface area contributed by atoms with Crippen LogP contribution in [0.2, 0.25) is 5.04 Å². The van der Waals surface area contributed by atoms with E-state index in [2.05, 4.69) is 26.1 Å². The second-order valence-electron chi connectivity index (χ2n) is 10.8. The van der Waals surface area contributed by atoms with Crippen LogP contribution in [0.25, 0.3) is 0 Å². The van der Waals surface area contributed by atoms with Crippen molar-refractivity contribution in [3.8, 4) is 0 Å². The molecule has 0 aromatic heterocycles. The van der Waals surface area contributed by atoms with Gasteiger partial charge in [0.2, 0.25) is 0 Å². The molecule has 39 heavy (non-hydrogen) atoms. The number of hydrogen-bond donors (Lipinski definition) is 4. The normalized spacial score (nSPS) is 23.7. The summed E-state index contributed by atoms with van der Waals surface area (Å²) >= 11 is 0. The first-order chi connectivity index (χ1) is 18.6. The zero-order valence-corrected chi connectivity index (χ0v) is 23.4. The zero-order valence-electron chi connectivity index (χ0n) is 22.4. The average molecular weight is 552 g/mol. The zero-order chi connectivity index (χ0) is 28.0. The maximum absolute atomic E-state index is 12.3. The number of rotatable bonds is 8. The summed E-state index contributed by atoms with van der Waals surface area (Å²) in [6.07, 6.45) is -6.40. The van der Waals surface area contributed by atoms with Crippen molar-refractivity contribution >= 4 is 24.8 Å². The van der Waals surface area contributed by atoms with E-state index < -0.39 is 45.1 Å². The number of carbonyl (C=O) groups is 1. The van der Waals surface area contributed by atoms with E-state index in [1.807, 2.05) is 78.9 Å². The highest BCUT2D eigenvalue weighted by Gasteiger charge is 2.52. The van der Waals surface area contributed by atoms with Crippen LogP contribution in [0.4, 0.5) is 4.79 Å². The molecule has 1 unspecified atom stereocenters. The Morgan fingerprint density at radius 2 is 1.36 bits per heavy atom. The van der Waals surface area contributed by atoms with Crippen LogP contribution in [0.15, 0.2) is 91.0 Å². The number of hydrogen-bond acceptors (Lipinski definition) is 7. The molecule has 3 aromatic rings. The lowest BCUT2D eigenvalue weighted by molar-refractivity contribution is -0.252. The van der Waals surface area contributed by atoms with E-state index in [4.69, 9.17) is 13.9 Å². The van der Waals surface area contributed by atoms with Gasteiger partial charge in [-0.05, 0) is 21.0 Å². The average Bonchev–Trinajstić information content (AvgIpc) is 2.94. The van der Waals surface area contributed by atoms with Crippen LogP contribution in [-0.2, 0) is 20.5 Å². The van der Waals surface area contributed by atoms with Crippen molar-refractivity contribution in [1.29, 1.82) is 0 Å². The Morgan fingerprint density at radius 3 is 1.87 bits per heavy atom. The molecule has 1 aliphatic rings. The Balaban J connectivity index is 1.48. The maximum atomic E-state index is 12.3. The number of nitrogens with one attached hydrogen (secondary N) is 1. The van der Waals surface area contributed by atoms with Gasteiger partial charge in [-0.2, -0.15) is 0 Å². The third-order valence-corrected chi connectivity index (χ3v) is 12.1. The predicted molar refractivity (Wildman–Crippen MR) is 150 cm³/mol. The fraction of sp³-hybridized carbons (Fsp3) is 0.367. The standard InChI is InChI=1S/C30H37NO7Si/c1-30(2,3)39(22-15-9-5-10-16-22,23-17-11-6-12-18-23)37-20-24-26(32)27(33)25(28(34)38-24)31-29(35)36-19-21-13-7-4-8-14-21/h4-18,24-28,32-34H,19-20H2,1-3H3,(H,31,35)/t24-,25-,26-,27-,28?/m1/s1. The number of amides is 1. The molecule has 9 heteroatoms. The molecular formula is C30H37NO7Si. The van der Waals surface area contributed by atoms with Crippen LogP contribution in [0.5, 0.6) is 0 Å². The van der Waals surface area contributed by atoms with Crippen molar-refractivity contribution in [2.75, 3.05) is 6.61 Å². The first-order valence-electron chi connectivity index (χ1n) is 13.1. The van der Waals surface area contributed by atoms with Gasteiger partial charge in [0.15, 0.2) is 6.29 Å². The first kappa shape index (κ1) is 28.9. The molecule has 4 rings (SSSR count). The second-order valence-corrected chi connectivity index (χ2v) is 15.1. The molecule has 1 amide bonds. The van der Waals surface area contributed by atoms with Gasteiger partial charge < -0.3 is 34.5 Å². The summed E-state index contributed by atoms with van der Waals surface area (Å²) < 4.78 is 17.7. The van der Waals surface area contributed by atoms with E-state index in [0.29, 0.717) is 0 Å². The SMILES string of the molecule is CC(C)(C)[Si](OC[C@H]1OC(O)[C@H](NC(=O)OCc2ccccc2)[C@@H](O)[C@@H]1O)(c1ccccc1)c1ccccc1. The lowest BCUT2D eigenvalue weighted by atomic mass is 9.97. The molecule has 1 aliphatic heterocycles. The molecule has 1 heterocycles. The summed E-state index contributed by atoms with van der Waals surface area (Å²) in [5.41, 5.74) is 0.786. The Kier molecular flexibility index (Phi) is 9.22. The summed E-state index contributed by atoms with van der Waals surface area (Å²) in [6, 6.07) is 27.8. The largest absolute Gasteiger partial charge is 0.445 e. The topological polar surface area (TPSA) is 117 Å². The summed E-state index contributed by atoms with van der Waals surface area (Å²) in [5, 5.41) is 36.7. The van der Waals surface area contributed by atoms with Crippen LogP contribution >= 0.6 is 0 Å². The van der Waals surface area contributed by atoms with Crippen LogP contribution in [0.1, 0.15) is 26.3 Å². The van der Waals surface area contributed by atoms with E-state index in [9.17, 15) is 20.1 Å². The molecule has 208 valence electrons. The molecule has 1 fully saturated rings. The van der Waals surface area contributed by atoms with Gasteiger partial charge in [0.05, 0.1) is 6.61 Å². The van der Waals surface area contributed by atoms with E-state index in [1.54, 1.807) is 12.1 Å². The second kappa shape index (κ2) is 12.4. The summed E-state index contributed by atoms with van der Waals surface area (Å²) in [7, 11) is -2.94. The molecule has 5 atom stereocenters. The van der Waals surface area contributed by atoms with Crippen molar-refractivity contribution < 1.29 is 34.0 Å². The van der Waals surface area contributed by atoms with Gasteiger partial charge in [-0.3, -0.25) is 0 Å². The quantitative estimate of drug-likeness (QED) is 0.318. The number of aliphatic hydroxyl groups is 3. The van der Waals surface area contributed by atoms with Crippen molar-refractivity contribution in [3.63, 3.8) is 0 Å². The molecule has 0 bridgehead atoms. The molecule has 4 N–H and O–H groups in total. The van der Waals surface area contributed by atoms with E-state index in [1.165, 1.54) is 0 Å². The molecule has 1 saturated heterocycles. The highest BCUT2D eigenvalue weighted by Crippen LogP contribution is 2.37. The summed E-state index contributed by atoms with van der Waals surface area (Å²) in [6.45, 7) is 6.32. The number of ether oxygens (including phenoxy) is 2. The number of carbonyl (C=O) groups excluding carboxylic acids is 1. The van der Waals surface area contributed by atoms with Gasteiger partial charge in [-0.25, -0.2) is 4.79 Å². The van der Waals surface area contributed by atoms with Crippen molar-refractivity contribution in [2.45, 2.75) is 63.1 Å². The highest BCUT2D eigenvalue weighted by atomic mass is 28.4. The van der Waals surface area contributed by atoms with Crippen LogP contribution in [0, 0.1) is 0 Å². The van der Waals surface area contributed by atoms with Gasteiger partial charge in [0.25, 0.3) is 8.32 Å². The predicted octanol–water partition coefficient (Wildman–Crippen LogP) is 2.30. The number of aliphatic hydroxyl groups excluding tert-OH is 3. The molecule has 0 spiro atoms. The third kappa shape index (κ3) is 6.41. The van der Waals surface area contributed by atoms with Crippen LogP contribution in [0.3, 0.4) is 0 Å². The van der Waals surface area contributed by atoms with Crippen LogP contribution in [-0.4, -0.2) is 67.0 Å². The van der Waals surface area contributed by atoms with Gasteiger partial charge in [0, 0.05) is 0 Å². The van der Waals surface area contributed by atoms with E-state index in [-0.39, 0.29) is 18.3 Å². The van der Waals surface area contributed by atoms with Gasteiger partial charge in [0.1, 0.15) is 31.0 Å². The minimum absolute atomic E-state index is 0.0178. The molecule has 3 aromatic carbocycles. The fourth-order valence-electron chi connectivity index (χ4n) is 5.11. The smallest absolute Gasteiger partial charge is 0.407 e. The lowest BCUT2D eigenvalue weighted by Gasteiger charge is -2.45. The Labute approximate surface area is 230 Å². The van der Waals surface area contributed by atoms with E-state index >= 15 is 0 Å². The molecule has 0 radical (unpaired) electrons. The molecule has 8 nitrogen and oxygen atoms in total. The molecular weight excluding hydrogens is 514 g/mol. The fourth-order valence-corrected chi connectivity index (χ4v) is 9.68. The van der Waals surface area contributed by atoms with Crippen molar-refractivity contribution in [1.82, 2.24) is 5.32 Å². The number of alkyl carbamates (subject to hydrolysis) is 1. The van der Waals surface area contributed by atoms with Crippen LogP contribution < -0.4 is 15.7 Å². The highest BCUT2D eigenvalue weighted by molar-refractivity contribution is 6.99. The van der Waals surface area contributed by atoms with E-state index in [0.717, 1.165) is 15.9 Å². The van der Waals surface area contributed by atoms with Gasteiger partial charge in [-0.1, -0.05) is 112 Å². The summed E-state index contributed by atoms with van der Waals surface area (Å²) in [4.78, 5) is 12.3. The minimum atomic E-state index is -2.94. The lowest BCUT2D eigenvalue weighted by Crippen LogP contribution is -2.69. The summed E-state index contributed by atoms with van der Waals surface area (Å²) in [5.74, 6) is 0. The van der Waals surface area contributed by atoms with Crippen molar-refractivity contribution in [3.05, 3.63) is 96.6 Å². The molecule has 0 aliphatic carbocycles. The Morgan fingerprint density at radius 1 is 0.846 bits per heavy atom. The first-order valence-corrected chi connectivity index (χ1v) is 15.0.